The van der Waals surface area contributed by atoms with E-state index in [1.54, 1.807) is 0 Å². The lowest BCUT2D eigenvalue weighted by Gasteiger charge is -2.19. The molecule has 0 fully saturated rings. The van der Waals surface area contributed by atoms with Crippen molar-refractivity contribution in [2.75, 3.05) is 13.1 Å². The van der Waals surface area contributed by atoms with E-state index >= 15 is 0 Å². The smallest absolute Gasteiger partial charge is 0.0177 e. The minimum Gasteiger partial charge on any atom is -0.316 e. The summed E-state index contributed by atoms with van der Waals surface area (Å²) in [5.41, 5.74) is 4.15. The Labute approximate surface area is 136 Å². The van der Waals surface area contributed by atoms with E-state index in [4.69, 9.17) is 0 Å². The Bertz CT molecular complexity index is 565. The van der Waals surface area contributed by atoms with Crippen LogP contribution in [0, 0.1) is 6.92 Å². The maximum Gasteiger partial charge on any atom is 0.0177 e. The Morgan fingerprint density at radius 2 is 1.90 bits per heavy atom. The fourth-order valence-corrected chi connectivity index (χ4v) is 3.08. The predicted octanol–water partition coefficient (Wildman–Crippen LogP) is 5.08. The molecule has 0 amide bonds. The topological polar surface area (TPSA) is 12.0 Å². The molecule has 0 saturated carbocycles. The van der Waals surface area contributed by atoms with Crippen molar-refractivity contribution in [2.45, 2.75) is 32.6 Å². The van der Waals surface area contributed by atoms with Crippen molar-refractivity contribution in [3.8, 4) is 0 Å². The molecule has 0 radical (unpaired) electrons. The molecule has 0 saturated heterocycles. The summed E-state index contributed by atoms with van der Waals surface area (Å²) in [5.74, 6) is 0.519. The van der Waals surface area contributed by atoms with Crippen molar-refractivity contribution in [3.05, 3.63) is 69.7 Å². The van der Waals surface area contributed by atoms with Gasteiger partial charge in [0, 0.05) is 16.9 Å². The molecule has 1 N–H and O–H groups in total. The van der Waals surface area contributed by atoms with Gasteiger partial charge in [-0.05, 0) is 49.6 Å². The van der Waals surface area contributed by atoms with Crippen molar-refractivity contribution in [3.63, 3.8) is 0 Å². The maximum absolute atomic E-state index is 3.58. The molecule has 0 bridgehead atoms. The monoisotopic (exact) mass is 345 g/mol. The highest BCUT2D eigenvalue weighted by Crippen LogP contribution is 2.23. The maximum atomic E-state index is 3.58. The fourth-order valence-electron chi connectivity index (χ4n) is 2.63. The molecule has 0 aliphatic rings. The molecule has 2 aromatic carbocycles. The summed E-state index contributed by atoms with van der Waals surface area (Å²) in [6.45, 7) is 6.49. The van der Waals surface area contributed by atoms with Gasteiger partial charge in [0.25, 0.3) is 0 Å². The molecule has 0 aliphatic heterocycles. The van der Waals surface area contributed by atoms with Gasteiger partial charge < -0.3 is 5.32 Å². The summed E-state index contributed by atoms with van der Waals surface area (Å²) < 4.78 is 1.16. The van der Waals surface area contributed by atoms with E-state index in [0.29, 0.717) is 5.92 Å². The number of hydrogen-bond donors (Lipinski definition) is 1. The molecular formula is C19H24BrN. The summed E-state index contributed by atoms with van der Waals surface area (Å²) in [4.78, 5) is 0. The first-order chi connectivity index (χ1) is 10.2. The Hall–Kier alpha value is -1.12. The third-order valence-corrected chi connectivity index (χ3v) is 4.20. The lowest BCUT2D eigenvalue weighted by atomic mass is 9.91. The Balaban J connectivity index is 2.15. The molecule has 2 aromatic rings. The molecule has 2 rings (SSSR count). The first-order valence-corrected chi connectivity index (χ1v) is 8.50. The normalized spacial score (nSPS) is 12.3. The van der Waals surface area contributed by atoms with Crippen LogP contribution >= 0.6 is 15.9 Å². The molecule has 0 heterocycles. The lowest BCUT2D eigenvalue weighted by Crippen LogP contribution is -2.23. The number of aryl methyl sites for hydroxylation is 1. The molecule has 0 aliphatic carbocycles. The largest absolute Gasteiger partial charge is 0.316 e. The quantitative estimate of drug-likeness (QED) is 0.689. The van der Waals surface area contributed by atoms with Crippen LogP contribution in [0.2, 0.25) is 0 Å². The summed E-state index contributed by atoms with van der Waals surface area (Å²) >= 11 is 3.57. The van der Waals surface area contributed by atoms with Gasteiger partial charge in [-0.25, -0.2) is 0 Å². The molecule has 1 nitrogen and oxygen atoms in total. The minimum absolute atomic E-state index is 0.519. The first kappa shape index (κ1) is 16.3. The van der Waals surface area contributed by atoms with E-state index < -0.39 is 0 Å². The highest BCUT2D eigenvalue weighted by atomic mass is 79.9. The summed E-state index contributed by atoms with van der Waals surface area (Å²) in [6.07, 6.45) is 2.25. The highest BCUT2D eigenvalue weighted by molar-refractivity contribution is 9.10. The number of rotatable bonds is 7. The molecule has 1 atom stereocenters. The van der Waals surface area contributed by atoms with Crippen molar-refractivity contribution in [1.29, 1.82) is 0 Å². The molecule has 0 aromatic heterocycles. The van der Waals surface area contributed by atoms with Gasteiger partial charge in [0.15, 0.2) is 0 Å². The number of halogens is 1. The van der Waals surface area contributed by atoms with Crippen LogP contribution in [-0.4, -0.2) is 13.1 Å². The van der Waals surface area contributed by atoms with E-state index in [-0.39, 0.29) is 0 Å². The Morgan fingerprint density at radius 3 is 2.62 bits per heavy atom. The molecule has 112 valence electrons. The summed E-state index contributed by atoms with van der Waals surface area (Å²) in [5, 5.41) is 3.58. The standard InChI is InChI=1S/C19H24BrN/c1-3-10-21-14-18(17-8-4-6-15(2)11-17)12-16-7-5-9-19(20)13-16/h4-9,11,13,18,21H,3,10,12,14H2,1-2H3. The van der Waals surface area contributed by atoms with Gasteiger partial charge in [0.05, 0.1) is 0 Å². The van der Waals surface area contributed by atoms with Crippen molar-refractivity contribution in [2.24, 2.45) is 0 Å². The zero-order valence-corrected chi connectivity index (χ0v) is 14.5. The van der Waals surface area contributed by atoms with Crippen molar-refractivity contribution in [1.82, 2.24) is 5.32 Å². The summed E-state index contributed by atoms with van der Waals surface area (Å²) in [7, 11) is 0. The van der Waals surface area contributed by atoms with Crippen molar-refractivity contribution >= 4 is 15.9 Å². The average molecular weight is 346 g/mol. The number of benzene rings is 2. The highest BCUT2D eigenvalue weighted by Gasteiger charge is 2.12. The average Bonchev–Trinajstić information content (AvgIpc) is 2.46. The van der Waals surface area contributed by atoms with Crippen LogP contribution in [0.5, 0.6) is 0 Å². The minimum atomic E-state index is 0.519. The SMILES string of the molecule is CCCNCC(Cc1cccc(Br)c1)c1cccc(C)c1. The van der Waals surface area contributed by atoms with E-state index in [9.17, 15) is 0 Å². The van der Waals surface area contributed by atoms with Crippen LogP contribution in [0.4, 0.5) is 0 Å². The molecule has 2 heteroatoms. The van der Waals surface area contributed by atoms with Gasteiger partial charge in [-0.3, -0.25) is 0 Å². The predicted molar refractivity (Wildman–Crippen MR) is 94.9 cm³/mol. The first-order valence-electron chi connectivity index (χ1n) is 7.70. The van der Waals surface area contributed by atoms with Crippen LogP contribution < -0.4 is 5.32 Å². The van der Waals surface area contributed by atoms with Gasteiger partial charge in [-0.1, -0.05) is 64.8 Å². The van der Waals surface area contributed by atoms with Gasteiger partial charge in [0.1, 0.15) is 0 Å². The second kappa shape index (κ2) is 8.35. The second-order valence-electron chi connectivity index (χ2n) is 5.65. The lowest BCUT2D eigenvalue weighted by molar-refractivity contribution is 0.576. The van der Waals surface area contributed by atoms with Gasteiger partial charge in [-0.2, -0.15) is 0 Å². The van der Waals surface area contributed by atoms with Crippen LogP contribution in [0.25, 0.3) is 0 Å². The zero-order chi connectivity index (χ0) is 15.1. The third-order valence-electron chi connectivity index (χ3n) is 3.70. The van der Waals surface area contributed by atoms with E-state index in [0.717, 1.165) is 24.0 Å². The molecular weight excluding hydrogens is 322 g/mol. The summed E-state index contributed by atoms with van der Waals surface area (Å²) in [6, 6.07) is 17.5. The van der Waals surface area contributed by atoms with E-state index in [1.165, 1.54) is 23.1 Å². The fraction of sp³-hybridized carbons (Fsp3) is 0.368. The van der Waals surface area contributed by atoms with Crippen LogP contribution in [-0.2, 0) is 6.42 Å². The van der Waals surface area contributed by atoms with Crippen LogP contribution in [0.15, 0.2) is 53.0 Å². The van der Waals surface area contributed by atoms with Crippen LogP contribution in [0.3, 0.4) is 0 Å². The van der Waals surface area contributed by atoms with Crippen LogP contribution in [0.1, 0.15) is 36.0 Å². The Kier molecular flexibility index (Phi) is 6.47. The third kappa shape index (κ3) is 5.29. The molecule has 21 heavy (non-hydrogen) atoms. The van der Waals surface area contributed by atoms with Gasteiger partial charge in [0.2, 0.25) is 0 Å². The van der Waals surface area contributed by atoms with E-state index in [1.807, 2.05) is 0 Å². The second-order valence-corrected chi connectivity index (χ2v) is 6.56. The molecule has 0 spiro atoms. The Morgan fingerprint density at radius 1 is 1.10 bits per heavy atom. The molecule has 1 unspecified atom stereocenters. The van der Waals surface area contributed by atoms with Crippen molar-refractivity contribution < 1.29 is 0 Å². The van der Waals surface area contributed by atoms with Gasteiger partial charge >= 0.3 is 0 Å². The number of nitrogens with one attached hydrogen (secondary N) is 1. The van der Waals surface area contributed by atoms with Gasteiger partial charge in [-0.15, -0.1) is 0 Å². The van der Waals surface area contributed by atoms with E-state index in [2.05, 4.69) is 83.6 Å². The zero-order valence-electron chi connectivity index (χ0n) is 12.9. The number of hydrogen-bond acceptors (Lipinski definition) is 1.